The van der Waals surface area contributed by atoms with E-state index in [1.165, 1.54) is 30.3 Å². The van der Waals surface area contributed by atoms with Crippen LogP contribution in [0.2, 0.25) is 0 Å². The normalized spacial score (nSPS) is 11.4. The van der Waals surface area contributed by atoms with Crippen molar-refractivity contribution in [1.29, 1.82) is 0 Å². The number of nitrogens with two attached hydrogens (primary N) is 1. The summed E-state index contributed by atoms with van der Waals surface area (Å²) < 4.78 is 0. The van der Waals surface area contributed by atoms with Crippen LogP contribution in [0.3, 0.4) is 0 Å². The van der Waals surface area contributed by atoms with Crippen LogP contribution < -0.4 is 11.1 Å². The largest absolute Gasteiger partial charge is 0.480 e. The van der Waals surface area contributed by atoms with Crippen molar-refractivity contribution in [3.05, 3.63) is 48.0 Å². The van der Waals surface area contributed by atoms with E-state index >= 15 is 0 Å². The standard InChI is InChI=1S/C13H14N2O4/c1-2-3-10(13(18)19)15-12(17)9-6-4-8(5-7-9)11(14)16/h2,4-7,10H,1,3H2,(H2,14,16)(H,15,17)(H,18,19). The molecule has 1 aromatic carbocycles. The third-order valence-electron chi connectivity index (χ3n) is 2.44. The average molecular weight is 262 g/mol. The van der Waals surface area contributed by atoms with Crippen LogP contribution in [-0.4, -0.2) is 28.9 Å². The minimum Gasteiger partial charge on any atom is -0.480 e. The predicted octanol–water partition coefficient (Wildman–Crippen LogP) is 0.545. The summed E-state index contributed by atoms with van der Waals surface area (Å²) in [5.74, 6) is -2.27. The fraction of sp³-hybridized carbons (Fsp3) is 0.154. The maximum atomic E-state index is 11.8. The molecule has 1 atom stereocenters. The molecule has 6 nitrogen and oxygen atoms in total. The summed E-state index contributed by atoms with van der Waals surface area (Å²) in [6, 6.07) is 4.59. The molecule has 0 radical (unpaired) electrons. The van der Waals surface area contributed by atoms with Gasteiger partial charge in [0.2, 0.25) is 5.91 Å². The molecule has 0 spiro atoms. The Kier molecular flexibility index (Phi) is 4.82. The fourth-order valence-electron chi connectivity index (χ4n) is 1.42. The molecule has 0 fully saturated rings. The molecule has 0 bridgehead atoms. The van der Waals surface area contributed by atoms with Crippen LogP contribution in [0.4, 0.5) is 0 Å². The number of carboxylic acid groups (broad SMARTS) is 1. The van der Waals surface area contributed by atoms with Gasteiger partial charge in [0, 0.05) is 11.1 Å². The number of carboxylic acids is 1. The number of aliphatic carboxylic acids is 1. The summed E-state index contributed by atoms with van der Waals surface area (Å²) in [5.41, 5.74) is 5.60. The molecule has 1 unspecified atom stereocenters. The summed E-state index contributed by atoms with van der Waals surface area (Å²) in [7, 11) is 0. The van der Waals surface area contributed by atoms with Crippen molar-refractivity contribution in [2.24, 2.45) is 5.73 Å². The lowest BCUT2D eigenvalue weighted by atomic mass is 10.1. The molecule has 1 rings (SSSR count). The number of rotatable bonds is 6. The molecule has 6 heteroatoms. The van der Waals surface area contributed by atoms with E-state index in [1.54, 1.807) is 0 Å². The highest BCUT2D eigenvalue weighted by molar-refractivity contribution is 5.98. The molecule has 0 aliphatic rings. The van der Waals surface area contributed by atoms with Gasteiger partial charge in [0.1, 0.15) is 6.04 Å². The number of hydrogen-bond acceptors (Lipinski definition) is 3. The van der Waals surface area contributed by atoms with Gasteiger partial charge in [0.05, 0.1) is 0 Å². The summed E-state index contributed by atoms with van der Waals surface area (Å²) in [6.45, 7) is 3.43. The number of hydrogen-bond donors (Lipinski definition) is 3. The molecule has 1 aromatic rings. The first-order valence-electron chi connectivity index (χ1n) is 5.50. The predicted molar refractivity (Wildman–Crippen MR) is 68.7 cm³/mol. The van der Waals surface area contributed by atoms with Gasteiger partial charge in [0.25, 0.3) is 5.91 Å². The lowest BCUT2D eigenvalue weighted by Crippen LogP contribution is -2.40. The Morgan fingerprint density at radius 1 is 1.26 bits per heavy atom. The topological polar surface area (TPSA) is 109 Å². The Labute approximate surface area is 109 Å². The lowest BCUT2D eigenvalue weighted by molar-refractivity contribution is -0.139. The van der Waals surface area contributed by atoms with E-state index in [1.807, 2.05) is 0 Å². The maximum absolute atomic E-state index is 11.8. The second-order valence-electron chi connectivity index (χ2n) is 3.83. The molecule has 0 heterocycles. The first-order chi connectivity index (χ1) is 8.95. The van der Waals surface area contributed by atoms with Crippen molar-refractivity contribution in [2.45, 2.75) is 12.5 Å². The number of amides is 2. The van der Waals surface area contributed by atoms with Crippen LogP contribution in [0.15, 0.2) is 36.9 Å². The molecule has 0 aromatic heterocycles. The smallest absolute Gasteiger partial charge is 0.326 e. The van der Waals surface area contributed by atoms with Gasteiger partial charge in [-0.05, 0) is 30.7 Å². The van der Waals surface area contributed by atoms with E-state index < -0.39 is 23.8 Å². The summed E-state index contributed by atoms with van der Waals surface area (Å²) >= 11 is 0. The minimum absolute atomic E-state index is 0.125. The Morgan fingerprint density at radius 2 is 1.79 bits per heavy atom. The van der Waals surface area contributed by atoms with E-state index in [0.717, 1.165) is 0 Å². The fourth-order valence-corrected chi connectivity index (χ4v) is 1.42. The van der Waals surface area contributed by atoms with Crippen molar-refractivity contribution < 1.29 is 19.5 Å². The van der Waals surface area contributed by atoms with Crippen molar-refractivity contribution in [3.63, 3.8) is 0 Å². The average Bonchev–Trinajstić information content (AvgIpc) is 2.38. The van der Waals surface area contributed by atoms with Crippen LogP contribution in [-0.2, 0) is 4.79 Å². The highest BCUT2D eigenvalue weighted by Gasteiger charge is 2.19. The minimum atomic E-state index is -1.14. The van der Waals surface area contributed by atoms with Crippen molar-refractivity contribution >= 4 is 17.8 Å². The molecule has 0 saturated carbocycles. The van der Waals surface area contributed by atoms with Gasteiger partial charge in [-0.1, -0.05) is 6.08 Å². The van der Waals surface area contributed by atoms with Crippen LogP contribution in [0.25, 0.3) is 0 Å². The van der Waals surface area contributed by atoms with E-state index in [9.17, 15) is 14.4 Å². The molecule has 19 heavy (non-hydrogen) atoms. The van der Waals surface area contributed by atoms with E-state index in [-0.39, 0.29) is 17.5 Å². The number of carbonyl (C=O) groups excluding carboxylic acids is 2. The molecular formula is C13H14N2O4. The Morgan fingerprint density at radius 3 is 2.21 bits per heavy atom. The number of benzene rings is 1. The number of primary amides is 1. The zero-order chi connectivity index (χ0) is 14.4. The highest BCUT2D eigenvalue weighted by Crippen LogP contribution is 2.05. The number of nitrogens with one attached hydrogen (secondary N) is 1. The summed E-state index contributed by atoms with van der Waals surface area (Å²) in [4.78, 5) is 33.5. The van der Waals surface area contributed by atoms with Gasteiger partial charge < -0.3 is 16.2 Å². The van der Waals surface area contributed by atoms with Crippen LogP contribution in [0, 0.1) is 0 Å². The molecule has 4 N–H and O–H groups in total. The molecule has 0 saturated heterocycles. The zero-order valence-electron chi connectivity index (χ0n) is 10.1. The van der Waals surface area contributed by atoms with E-state index in [4.69, 9.17) is 10.8 Å². The third kappa shape index (κ3) is 3.95. The second-order valence-corrected chi connectivity index (χ2v) is 3.83. The van der Waals surface area contributed by atoms with E-state index in [2.05, 4.69) is 11.9 Å². The quantitative estimate of drug-likeness (QED) is 0.650. The second kappa shape index (κ2) is 6.34. The highest BCUT2D eigenvalue weighted by atomic mass is 16.4. The first kappa shape index (κ1) is 14.4. The summed E-state index contributed by atoms with van der Waals surface area (Å²) in [5, 5.41) is 11.2. The van der Waals surface area contributed by atoms with Gasteiger partial charge in [-0.15, -0.1) is 6.58 Å². The van der Waals surface area contributed by atoms with Crippen LogP contribution >= 0.6 is 0 Å². The van der Waals surface area contributed by atoms with Crippen molar-refractivity contribution in [3.8, 4) is 0 Å². The van der Waals surface area contributed by atoms with Crippen LogP contribution in [0.1, 0.15) is 27.1 Å². The SMILES string of the molecule is C=CCC(NC(=O)c1ccc(C(N)=O)cc1)C(=O)O. The number of carbonyl (C=O) groups is 3. The van der Waals surface area contributed by atoms with Gasteiger partial charge in [-0.3, -0.25) is 9.59 Å². The Balaban J connectivity index is 2.79. The van der Waals surface area contributed by atoms with Crippen LogP contribution in [0.5, 0.6) is 0 Å². The van der Waals surface area contributed by atoms with E-state index in [0.29, 0.717) is 0 Å². The van der Waals surface area contributed by atoms with Gasteiger partial charge in [-0.2, -0.15) is 0 Å². The van der Waals surface area contributed by atoms with Gasteiger partial charge in [0.15, 0.2) is 0 Å². The molecule has 100 valence electrons. The first-order valence-corrected chi connectivity index (χ1v) is 5.50. The molecule has 0 aliphatic heterocycles. The third-order valence-corrected chi connectivity index (χ3v) is 2.44. The maximum Gasteiger partial charge on any atom is 0.326 e. The van der Waals surface area contributed by atoms with Crippen molar-refractivity contribution in [1.82, 2.24) is 5.32 Å². The Hall–Kier alpha value is -2.63. The lowest BCUT2D eigenvalue weighted by Gasteiger charge is -2.12. The van der Waals surface area contributed by atoms with Gasteiger partial charge >= 0.3 is 5.97 Å². The summed E-state index contributed by atoms with van der Waals surface area (Å²) in [6.07, 6.45) is 1.54. The molecule has 0 aliphatic carbocycles. The van der Waals surface area contributed by atoms with Crippen molar-refractivity contribution in [2.75, 3.05) is 0 Å². The zero-order valence-corrected chi connectivity index (χ0v) is 10.1. The molecular weight excluding hydrogens is 248 g/mol. The monoisotopic (exact) mass is 262 g/mol. The Bertz CT molecular complexity index is 508. The molecule has 2 amide bonds. The van der Waals surface area contributed by atoms with Gasteiger partial charge in [-0.25, -0.2) is 4.79 Å².